The van der Waals surface area contributed by atoms with Crippen LogP contribution in [-0.2, 0) is 18.4 Å². The van der Waals surface area contributed by atoms with Crippen LogP contribution in [0.1, 0.15) is 45.8 Å². The molecule has 3 aromatic carbocycles. The Morgan fingerprint density at radius 3 is 2.06 bits per heavy atom. The standard InChI is InChI=1S/C29H34N2O/c1-30-28-26-17-16-22(11-10-20-31(2)3)27(21-32)25(26)18-19-29(28,23-12-6-4-7-13-23)24-14-8-5-9-15-24/h4-9,12-19,28,30,32H,10-11,20-21H2,1-3H3. The van der Waals surface area contributed by atoms with Crippen molar-refractivity contribution in [1.82, 2.24) is 10.2 Å². The van der Waals surface area contributed by atoms with Crippen molar-refractivity contribution in [1.29, 1.82) is 0 Å². The van der Waals surface area contributed by atoms with Crippen molar-refractivity contribution in [2.45, 2.75) is 30.9 Å². The summed E-state index contributed by atoms with van der Waals surface area (Å²) < 4.78 is 0. The normalized spacial score (nSPS) is 16.8. The van der Waals surface area contributed by atoms with Gasteiger partial charge in [-0.1, -0.05) is 84.9 Å². The molecule has 2 N–H and O–H groups in total. The fraction of sp³-hybridized carbons (Fsp3) is 0.310. The summed E-state index contributed by atoms with van der Waals surface area (Å²) >= 11 is 0. The highest BCUT2D eigenvalue weighted by Gasteiger charge is 2.43. The maximum atomic E-state index is 10.3. The first-order valence-electron chi connectivity index (χ1n) is 11.5. The fourth-order valence-corrected chi connectivity index (χ4v) is 5.24. The molecule has 32 heavy (non-hydrogen) atoms. The molecule has 3 aromatic rings. The van der Waals surface area contributed by atoms with E-state index in [0.717, 1.165) is 30.5 Å². The molecular weight excluding hydrogens is 392 g/mol. The first-order valence-corrected chi connectivity index (χ1v) is 11.5. The van der Waals surface area contributed by atoms with Crippen LogP contribution in [-0.4, -0.2) is 37.7 Å². The summed E-state index contributed by atoms with van der Waals surface area (Å²) in [7, 11) is 6.25. The van der Waals surface area contributed by atoms with E-state index in [1.54, 1.807) is 0 Å². The molecular formula is C29H34N2O. The van der Waals surface area contributed by atoms with Gasteiger partial charge in [-0.15, -0.1) is 0 Å². The van der Waals surface area contributed by atoms with E-state index >= 15 is 0 Å². The van der Waals surface area contributed by atoms with Gasteiger partial charge in [-0.2, -0.15) is 0 Å². The average Bonchev–Trinajstić information content (AvgIpc) is 2.83. The largest absolute Gasteiger partial charge is 0.392 e. The molecule has 166 valence electrons. The second kappa shape index (κ2) is 9.83. The predicted molar refractivity (Wildman–Crippen MR) is 134 cm³/mol. The molecule has 4 rings (SSSR count). The van der Waals surface area contributed by atoms with Crippen molar-refractivity contribution >= 4 is 6.08 Å². The fourth-order valence-electron chi connectivity index (χ4n) is 5.24. The molecule has 0 radical (unpaired) electrons. The van der Waals surface area contributed by atoms with E-state index in [4.69, 9.17) is 0 Å². The van der Waals surface area contributed by atoms with Crippen LogP contribution in [0.5, 0.6) is 0 Å². The van der Waals surface area contributed by atoms with Crippen LogP contribution >= 0.6 is 0 Å². The summed E-state index contributed by atoms with van der Waals surface area (Å²) in [5.41, 5.74) is 6.90. The number of benzene rings is 3. The van der Waals surface area contributed by atoms with Gasteiger partial charge in [-0.05, 0) is 73.9 Å². The van der Waals surface area contributed by atoms with E-state index in [2.05, 4.69) is 109 Å². The lowest BCUT2D eigenvalue weighted by Gasteiger charge is -2.43. The number of rotatable bonds is 8. The number of fused-ring (bicyclic) bond motifs is 1. The second-order valence-corrected chi connectivity index (χ2v) is 8.93. The minimum absolute atomic E-state index is 0.0495. The third kappa shape index (κ3) is 4.04. The number of aliphatic hydroxyl groups is 1. The van der Waals surface area contributed by atoms with Crippen LogP contribution in [0.25, 0.3) is 6.08 Å². The van der Waals surface area contributed by atoms with Crippen LogP contribution in [0.4, 0.5) is 0 Å². The Bertz CT molecular complexity index is 1020. The number of nitrogens with one attached hydrogen (secondary N) is 1. The number of hydrogen-bond donors (Lipinski definition) is 2. The topological polar surface area (TPSA) is 35.5 Å². The molecule has 3 heteroatoms. The maximum absolute atomic E-state index is 10.3. The Hall–Kier alpha value is -2.72. The first kappa shape index (κ1) is 22.5. The molecule has 0 amide bonds. The van der Waals surface area contributed by atoms with Gasteiger partial charge in [0.25, 0.3) is 0 Å². The SMILES string of the molecule is CNC1c2ccc(CCCN(C)C)c(CO)c2C=CC1(c1ccccc1)c1ccccc1. The zero-order valence-electron chi connectivity index (χ0n) is 19.4. The Morgan fingerprint density at radius 2 is 1.53 bits per heavy atom. The quantitative estimate of drug-likeness (QED) is 0.535. The summed E-state index contributed by atoms with van der Waals surface area (Å²) in [5, 5.41) is 14.0. The highest BCUT2D eigenvalue weighted by molar-refractivity contribution is 5.69. The molecule has 0 aliphatic heterocycles. The van der Waals surface area contributed by atoms with Gasteiger partial charge in [-0.3, -0.25) is 0 Å². The Kier molecular flexibility index (Phi) is 6.90. The van der Waals surface area contributed by atoms with Crippen LogP contribution in [0.15, 0.2) is 78.9 Å². The third-order valence-corrected chi connectivity index (χ3v) is 6.77. The molecule has 1 atom stereocenters. The van der Waals surface area contributed by atoms with Crippen molar-refractivity contribution in [3.63, 3.8) is 0 Å². The van der Waals surface area contributed by atoms with E-state index in [0.29, 0.717) is 0 Å². The van der Waals surface area contributed by atoms with E-state index in [1.807, 2.05) is 7.05 Å². The van der Waals surface area contributed by atoms with Gasteiger partial charge in [-0.25, -0.2) is 0 Å². The summed E-state index contributed by atoms with van der Waals surface area (Å²) in [6.07, 6.45) is 6.63. The smallest absolute Gasteiger partial charge is 0.0690 e. The number of aryl methyl sites for hydroxylation is 1. The lowest BCUT2D eigenvalue weighted by atomic mass is 9.63. The van der Waals surface area contributed by atoms with Crippen LogP contribution in [0.2, 0.25) is 0 Å². The van der Waals surface area contributed by atoms with Crippen molar-refractivity contribution < 1.29 is 5.11 Å². The van der Waals surface area contributed by atoms with Crippen LogP contribution in [0.3, 0.4) is 0 Å². The van der Waals surface area contributed by atoms with E-state index < -0.39 is 0 Å². The molecule has 1 aliphatic rings. The van der Waals surface area contributed by atoms with Crippen molar-refractivity contribution in [2.75, 3.05) is 27.7 Å². The molecule has 1 aliphatic carbocycles. The zero-order chi connectivity index (χ0) is 22.6. The third-order valence-electron chi connectivity index (χ3n) is 6.77. The molecule has 0 saturated carbocycles. The van der Waals surface area contributed by atoms with Crippen molar-refractivity contribution in [2.24, 2.45) is 0 Å². The zero-order valence-corrected chi connectivity index (χ0v) is 19.4. The molecule has 3 nitrogen and oxygen atoms in total. The molecule has 0 heterocycles. The molecule has 0 bridgehead atoms. The van der Waals surface area contributed by atoms with Gasteiger partial charge in [0.1, 0.15) is 0 Å². The predicted octanol–water partition coefficient (Wildman–Crippen LogP) is 4.95. The van der Waals surface area contributed by atoms with E-state index in [-0.39, 0.29) is 18.1 Å². The lowest BCUT2D eigenvalue weighted by molar-refractivity contribution is 0.279. The maximum Gasteiger partial charge on any atom is 0.0690 e. The molecule has 0 spiro atoms. The minimum atomic E-state index is -0.330. The summed E-state index contributed by atoms with van der Waals surface area (Å²) in [5.74, 6) is 0. The molecule has 0 fully saturated rings. The first-order chi connectivity index (χ1) is 15.6. The Morgan fingerprint density at radius 1 is 0.906 bits per heavy atom. The van der Waals surface area contributed by atoms with Crippen LogP contribution in [0, 0.1) is 0 Å². The highest BCUT2D eigenvalue weighted by atomic mass is 16.3. The van der Waals surface area contributed by atoms with Gasteiger partial charge in [0.05, 0.1) is 12.0 Å². The molecule has 0 aromatic heterocycles. The summed E-state index contributed by atoms with van der Waals surface area (Å²) in [6, 6.07) is 26.0. The number of nitrogens with zero attached hydrogens (tertiary/aromatic N) is 1. The monoisotopic (exact) mass is 426 g/mol. The van der Waals surface area contributed by atoms with E-state index in [1.165, 1.54) is 22.3 Å². The number of hydrogen-bond acceptors (Lipinski definition) is 3. The lowest BCUT2D eigenvalue weighted by Crippen LogP contribution is -2.42. The van der Waals surface area contributed by atoms with Gasteiger partial charge in [0.2, 0.25) is 0 Å². The van der Waals surface area contributed by atoms with Gasteiger partial charge >= 0.3 is 0 Å². The summed E-state index contributed by atoms with van der Waals surface area (Å²) in [4.78, 5) is 2.21. The molecule has 0 saturated heterocycles. The second-order valence-electron chi connectivity index (χ2n) is 8.93. The van der Waals surface area contributed by atoms with Gasteiger partial charge in [0, 0.05) is 6.04 Å². The Labute approximate surface area is 192 Å². The number of aliphatic hydroxyl groups excluding tert-OH is 1. The van der Waals surface area contributed by atoms with Crippen LogP contribution < -0.4 is 5.32 Å². The van der Waals surface area contributed by atoms with Gasteiger partial charge in [0.15, 0.2) is 0 Å². The average molecular weight is 427 g/mol. The van der Waals surface area contributed by atoms with E-state index in [9.17, 15) is 5.11 Å². The minimum Gasteiger partial charge on any atom is -0.392 e. The van der Waals surface area contributed by atoms with Crippen molar-refractivity contribution in [3.05, 3.63) is 112 Å². The number of likely N-dealkylation sites (N-methyl/N-ethyl adjacent to an activating group) is 1. The van der Waals surface area contributed by atoms with Gasteiger partial charge < -0.3 is 15.3 Å². The summed E-state index contributed by atoms with van der Waals surface area (Å²) in [6.45, 7) is 1.10. The van der Waals surface area contributed by atoms with Crippen molar-refractivity contribution in [3.8, 4) is 0 Å². The Balaban J connectivity index is 1.85. The molecule has 1 unspecified atom stereocenters. The highest BCUT2D eigenvalue weighted by Crippen LogP contribution is 2.49.